The molecule has 36 heavy (non-hydrogen) atoms. The fourth-order valence-electron chi connectivity index (χ4n) is 4.50. The van der Waals surface area contributed by atoms with E-state index in [4.69, 9.17) is 0 Å². The highest BCUT2D eigenvalue weighted by Crippen LogP contribution is 2.13. The fourth-order valence-corrected chi connectivity index (χ4v) is 4.50. The van der Waals surface area contributed by atoms with Crippen LogP contribution in [0.2, 0.25) is 0 Å². The van der Waals surface area contributed by atoms with Crippen LogP contribution < -0.4 is 29.4 Å². The zero-order chi connectivity index (χ0) is 26.0. The largest absolute Gasteiger partial charge is 1.00 e. The lowest BCUT2D eigenvalue weighted by Crippen LogP contribution is -3.00. The van der Waals surface area contributed by atoms with Crippen LogP contribution in [0.25, 0.3) is 0 Å². The van der Waals surface area contributed by atoms with Gasteiger partial charge >= 0.3 is 0 Å². The van der Waals surface area contributed by atoms with E-state index in [0.717, 1.165) is 8.97 Å². The third-order valence-corrected chi connectivity index (χ3v) is 6.86. The third-order valence-electron chi connectivity index (χ3n) is 6.86. The Kier molecular flexibility index (Phi) is 38.8. The van der Waals surface area contributed by atoms with Gasteiger partial charge in [0.05, 0.1) is 55.4 Å². The zero-order valence-electron chi connectivity index (χ0n) is 26.6. The number of unbranched alkanes of at least 4 members (excludes halogenated alkanes) is 20. The molecular weight excluding hydrogens is 528 g/mol. The van der Waals surface area contributed by atoms with Crippen LogP contribution in [0.3, 0.4) is 0 Å². The Labute approximate surface area is 248 Å². The summed E-state index contributed by atoms with van der Waals surface area (Å²) in [5, 5.41) is 0. The molecule has 0 atom stereocenters. The number of quaternary nitrogens is 2. The van der Waals surface area contributed by atoms with Crippen molar-refractivity contribution < 1.29 is 38.4 Å². The minimum Gasteiger partial charge on any atom is -1.00 e. The van der Waals surface area contributed by atoms with E-state index in [9.17, 15) is 0 Å². The van der Waals surface area contributed by atoms with Crippen molar-refractivity contribution in [3.8, 4) is 0 Å². The van der Waals surface area contributed by atoms with Gasteiger partial charge in [-0.05, 0) is 25.7 Å². The van der Waals surface area contributed by atoms with Crippen molar-refractivity contribution in [2.24, 2.45) is 0 Å². The van der Waals surface area contributed by atoms with E-state index in [1.165, 1.54) is 154 Å². The minimum absolute atomic E-state index is 0. The summed E-state index contributed by atoms with van der Waals surface area (Å²) < 4.78 is 2.24. The molecule has 0 N–H and O–H groups in total. The van der Waals surface area contributed by atoms with Gasteiger partial charge < -0.3 is 38.4 Å². The van der Waals surface area contributed by atoms with Gasteiger partial charge in [0, 0.05) is 0 Å². The van der Waals surface area contributed by atoms with Crippen LogP contribution >= 0.6 is 0 Å². The first-order chi connectivity index (χ1) is 16.1. The van der Waals surface area contributed by atoms with E-state index in [1.807, 2.05) is 0 Å². The molecule has 0 rings (SSSR count). The second-order valence-electron chi connectivity index (χ2n) is 13.1. The van der Waals surface area contributed by atoms with Crippen molar-refractivity contribution in [3.05, 3.63) is 0 Å². The number of hydrogen-bond donors (Lipinski definition) is 0. The molecule has 0 aliphatic rings. The van der Waals surface area contributed by atoms with Gasteiger partial charge in [-0.3, -0.25) is 0 Å². The third kappa shape index (κ3) is 47.8. The lowest BCUT2D eigenvalue weighted by atomic mass is 10.1. The zero-order valence-corrected chi connectivity index (χ0v) is 29.0. The molecule has 0 unspecified atom stereocenters. The van der Waals surface area contributed by atoms with Crippen LogP contribution in [0, 0.1) is 0 Å². The quantitative estimate of drug-likeness (QED) is 0.116. The summed E-state index contributed by atoms with van der Waals surface area (Å²) >= 11 is 0. The molecule has 4 heteroatoms. The smallest absolute Gasteiger partial charge is 0.0780 e. The molecule has 0 aliphatic heterocycles. The molecule has 0 saturated heterocycles. The van der Waals surface area contributed by atoms with Crippen molar-refractivity contribution in [1.29, 1.82) is 0 Å². The monoisotopic (exact) mass is 598 g/mol. The SMILES string of the molecule is CCCCCCCCCCCCCC[N+](C)(C)C.CCCCCCCCCCCC[N+](C)(C)C.[Br-].[Cl-]. The van der Waals surface area contributed by atoms with E-state index in [0.29, 0.717) is 0 Å². The summed E-state index contributed by atoms with van der Waals surface area (Å²) in [6, 6.07) is 0. The van der Waals surface area contributed by atoms with Gasteiger partial charge in [-0.25, -0.2) is 0 Å². The van der Waals surface area contributed by atoms with Gasteiger partial charge in [-0.1, -0.05) is 129 Å². The van der Waals surface area contributed by atoms with Crippen LogP contribution in [-0.4, -0.2) is 64.3 Å². The van der Waals surface area contributed by atoms with Gasteiger partial charge in [0.1, 0.15) is 0 Å². The van der Waals surface area contributed by atoms with Gasteiger partial charge in [-0.2, -0.15) is 0 Å². The van der Waals surface area contributed by atoms with E-state index in [-0.39, 0.29) is 29.4 Å². The first-order valence-corrected chi connectivity index (χ1v) is 15.7. The van der Waals surface area contributed by atoms with Crippen LogP contribution in [-0.2, 0) is 0 Å². The Morgan fingerprint density at radius 3 is 0.639 bits per heavy atom. The van der Waals surface area contributed by atoms with E-state index in [2.05, 4.69) is 56.1 Å². The average molecular weight is 600 g/mol. The van der Waals surface area contributed by atoms with E-state index >= 15 is 0 Å². The average Bonchev–Trinajstić information content (AvgIpc) is 2.75. The first kappa shape index (κ1) is 43.7. The highest BCUT2D eigenvalue weighted by atomic mass is 79.9. The molecule has 2 nitrogen and oxygen atoms in total. The molecule has 0 bridgehead atoms. The Hall–Kier alpha value is 0.690. The topological polar surface area (TPSA) is 0 Å². The maximum Gasteiger partial charge on any atom is 0.0780 e. The van der Waals surface area contributed by atoms with Gasteiger partial charge in [0.25, 0.3) is 0 Å². The lowest BCUT2D eigenvalue weighted by Gasteiger charge is -2.23. The van der Waals surface area contributed by atoms with Crippen molar-refractivity contribution in [2.45, 2.75) is 155 Å². The summed E-state index contributed by atoms with van der Waals surface area (Å²) in [6.45, 7) is 7.24. The highest BCUT2D eigenvalue weighted by molar-refractivity contribution is 4.49. The fraction of sp³-hybridized carbons (Fsp3) is 1.00. The highest BCUT2D eigenvalue weighted by Gasteiger charge is 2.05. The number of nitrogens with zero attached hydrogens (tertiary/aromatic N) is 2. The van der Waals surface area contributed by atoms with Crippen molar-refractivity contribution in [3.63, 3.8) is 0 Å². The summed E-state index contributed by atoms with van der Waals surface area (Å²) in [7, 11) is 13.7. The number of hydrogen-bond acceptors (Lipinski definition) is 0. The lowest BCUT2D eigenvalue weighted by molar-refractivity contribution is -0.870. The van der Waals surface area contributed by atoms with Crippen LogP contribution in [0.4, 0.5) is 0 Å². The Morgan fingerprint density at radius 2 is 0.472 bits per heavy atom. The number of halogens is 2. The Balaban J connectivity index is -0.000000271. The summed E-state index contributed by atoms with van der Waals surface area (Å²) in [5.41, 5.74) is 0. The molecular formula is C32H72BrClN2. The predicted molar refractivity (Wildman–Crippen MR) is 159 cm³/mol. The first-order valence-electron chi connectivity index (χ1n) is 15.7. The molecule has 0 aromatic carbocycles. The molecule has 0 fully saturated rings. The Bertz CT molecular complexity index is 377. The van der Waals surface area contributed by atoms with Gasteiger partial charge in [0.15, 0.2) is 0 Å². The van der Waals surface area contributed by atoms with E-state index in [1.54, 1.807) is 0 Å². The van der Waals surface area contributed by atoms with Crippen molar-refractivity contribution in [1.82, 2.24) is 0 Å². The molecule has 0 aliphatic carbocycles. The van der Waals surface area contributed by atoms with Crippen LogP contribution in [0.5, 0.6) is 0 Å². The summed E-state index contributed by atoms with van der Waals surface area (Å²) in [6.07, 6.45) is 31.8. The van der Waals surface area contributed by atoms with Gasteiger partial charge in [-0.15, -0.1) is 0 Å². The molecule has 0 saturated carbocycles. The minimum atomic E-state index is 0. The second-order valence-corrected chi connectivity index (χ2v) is 13.1. The number of rotatable bonds is 24. The van der Waals surface area contributed by atoms with Crippen molar-refractivity contribution >= 4 is 0 Å². The molecule has 0 aromatic rings. The molecule has 0 aromatic heterocycles. The normalized spacial score (nSPS) is 11.3. The maximum atomic E-state index is 2.29. The van der Waals surface area contributed by atoms with Crippen molar-refractivity contribution in [2.75, 3.05) is 55.4 Å². The molecule has 0 radical (unpaired) electrons. The predicted octanol–water partition coefficient (Wildman–Crippen LogP) is 4.02. The molecule has 224 valence electrons. The van der Waals surface area contributed by atoms with Crippen LogP contribution in [0.15, 0.2) is 0 Å². The van der Waals surface area contributed by atoms with Crippen LogP contribution in [0.1, 0.15) is 155 Å². The standard InChI is InChI=1S/C17H38N.C15H34N.BrH.ClH/c1-5-6-7-8-9-10-11-12-13-14-15-16-17-18(2,3)4;1-5-6-7-8-9-10-11-12-13-14-15-16(2,3)4;;/h5-17H2,1-4H3;5-15H2,1-4H3;2*1H/q2*+1;;/p-2. The maximum absolute atomic E-state index is 2.29. The molecule has 0 heterocycles. The second kappa shape index (κ2) is 31.9. The van der Waals surface area contributed by atoms with Gasteiger partial charge in [0.2, 0.25) is 0 Å². The summed E-state index contributed by atoms with van der Waals surface area (Å²) in [5.74, 6) is 0. The summed E-state index contributed by atoms with van der Waals surface area (Å²) in [4.78, 5) is 0. The molecule has 0 spiro atoms. The van der Waals surface area contributed by atoms with E-state index < -0.39 is 0 Å². The molecule has 0 amide bonds. The Morgan fingerprint density at radius 1 is 0.306 bits per heavy atom.